The van der Waals surface area contributed by atoms with Gasteiger partial charge in [0, 0.05) is 25.2 Å². The molecule has 1 saturated heterocycles. The van der Waals surface area contributed by atoms with Crippen molar-refractivity contribution in [2.45, 2.75) is 50.6 Å². The van der Waals surface area contributed by atoms with Crippen LogP contribution in [-0.4, -0.2) is 32.6 Å². The van der Waals surface area contributed by atoms with E-state index in [0.29, 0.717) is 18.3 Å². The van der Waals surface area contributed by atoms with E-state index in [0.717, 1.165) is 32.4 Å². The van der Waals surface area contributed by atoms with E-state index >= 15 is 0 Å². The summed E-state index contributed by atoms with van der Waals surface area (Å²) in [5.41, 5.74) is 0. The highest BCUT2D eigenvalue weighted by Crippen LogP contribution is 2.26. The van der Waals surface area contributed by atoms with Crippen LogP contribution in [0.5, 0.6) is 0 Å². The Morgan fingerprint density at radius 3 is 2.62 bits per heavy atom. The van der Waals surface area contributed by atoms with Crippen molar-refractivity contribution in [2.24, 2.45) is 0 Å². The topological polar surface area (TPSA) is 74.6 Å². The van der Waals surface area contributed by atoms with Crippen molar-refractivity contribution in [3.63, 3.8) is 0 Å². The predicted molar refractivity (Wildman–Crippen MR) is 84.1 cm³/mol. The number of rotatable bonds is 6. The number of hydrogen-bond donors (Lipinski definition) is 2. The van der Waals surface area contributed by atoms with Gasteiger partial charge in [-0.1, -0.05) is 20.3 Å². The maximum absolute atomic E-state index is 12.4. The van der Waals surface area contributed by atoms with Crippen LogP contribution in [0.2, 0.25) is 0 Å². The molecule has 0 aromatic carbocycles. The molecule has 1 fully saturated rings. The second-order valence-electron chi connectivity index (χ2n) is 5.53. The first-order chi connectivity index (χ1) is 9.88. The molecule has 1 aliphatic heterocycles. The number of hydrazine groups is 1. The van der Waals surface area contributed by atoms with E-state index < -0.39 is 10.0 Å². The molecule has 0 unspecified atom stereocenters. The van der Waals surface area contributed by atoms with Crippen molar-refractivity contribution in [1.82, 2.24) is 15.2 Å². The minimum Gasteiger partial charge on any atom is -0.452 e. The zero-order chi connectivity index (χ0) is 15.5. The van der Waals surface area contributed by atoms with E-state index in [2.05, 4.69) is 26.1 Å². The van der Waals surface area contributed by atoms with Gasteiger partial charge >= 0.3 is 0 Å². The highest BCUT2D eigenvalue weighted by atomic mass is 79.9. The maximum atomic E-state index is 12.4. The zero-order valence-electron chi connectivity index (χ0n) is 12.4. The molecule has 2 rings (SSSR count). The van der Waals surface area contributed by atoms with E-state index in [9.17, 15) is 8.42 Å². The largest absolute Gasteiger partial charge is 0.452 e. The van der Waals surface area contributed by atoms with Gasteiger partial charge in [0.25, 0.3) is 10.0 Å². The van der Waals surface area contributed by atoms with E-state index in [1.165, 1.54) is 0 Å². The van der Waals surface area contributed by atoms with Crippen molar-refractivity contribution < 1.29 is 12.8 Å². The lowest BCUT2D eigenvalue weighted by atomic mass is 10.2. The molecule has 0 saturated carbocycles. The summed E-state index contributed by atoms with van der Waals surface area (Å²) in [7, 11) is -3.60. The van der Waals surface area contributed by atoms with Crippen molar-refractivity contribution in [3.05, 3.63) is 16.5 Å². The first-order valence-electron chi connectivity index (χ1n) is 7.17. The molecule has 0 aliphatic carbocycles. The van der Waals surface area contributed by atoms with Crippen LogP contribution in [0.4, 0.5) is 0 Å². The Hall–Kier alpha value is -0.410. The molecule has 21 heavy (non-hydrogen) atoms. The quantitative estimate of drug-likeness (QED) is 0.792. The Labute approximate surface area is 134 Å². The molecule has 0 amide bonds. The minimum absolute atomic E-state index is 0.147. The van der Waals surface area contributed by atoms with Gasteiger partial charge in [-0.25, -0.2) is 13.4 Å². The lowest BCUT2D eigenvalue weighted by molar-refractivity contribution is 0.200. The SMILES string of the molecule is CC(C)NCc1cc(S(=O)(=O)NN2CCCCC2)c(Br)o1. The van der Waals surface area contributed by atoms with Gasteiger partial charge in [-0.05, 0) is 28.8 Å². The van der Waals surface area contributed by atoms with Gasteiger partial charge in [-0.15, -0.1) is 4.83 Å². The normalized spacial score (nSPS) is 17.5. The summed E-state index contributed by atoms with van der Waals surface area (Å²) in [6.07, 6.45) is 3.18. The molecule has 0 spiro atoms. The summed E-state index contributed by atoms with van der Waals surface area (Å²) >= 11 is 3.19. The van der Waals surface area contributed by atoms with Gasteiger partial charge in [0.2, 0.25) is 0 Å². The number of nitrogens with one attached hydrogen (secondary N) is 2. The first-order valence-corrected chi connectivity index (χ1v) is 9.45. The summed E-state index contributed by atoms with van der Waals surface area (Å²) in [4.78, 5) is 2.77. The van der Waals surface area contributed by atoms with Gasteiger partial charge in [0.15, 0.2) is 4.67 Å². The second-order valence-corrected chi connectivity index (χ2v) is 7.88. The van der Waals surface area contributed by atoms with Crippen molar-refractivity contribution in [1.29, 1.82) is 0 Å². The molecule has 1 aromatic rings. The second kappa shape index (κ2) is 7.23. The summed E-state index contributed by atoms with van der Waals surface area (Å²) < 4.78 is 30.5. The molecule has 1 aromatic heterocycles. The van der Waals surface area contributed by atoms with Crippen LogP contribution in [-0.2, 0) is 16.6 Å². The Balaban J connectivity index is 2.08. The minimum atomic E-state index is -3.60. The van der Waals surface area contributed by atoms with Gasteiger partial charge in [-0.2, -0.15) is 0 Å². The number of furan rings is 1. The standard InChI is InChI=1S/C13H22BrN3O3S/c1-10(2)15-9-11-8-12(13(14)20-11)21(18,19)16-17-6-4-3-5-7-17/h8,10,15-16H,3-7,9H2,1-2H3. The lowest BCUT2D eigenvalue weighted by Crippen LogP contribution is -2.44. The van der Waals surface area contributed by atoms with Crippen LogP contribution >= 0.6 is 15.9 Å². The average Bonchev–Trinajstić information content (AvgIpc) is 2.79. The molecule has 1 aliphatic rings. The molecule has 2 heterocycles. The van der Waals surface area contributed by atoms with Crippen LogP contribution in [0.3, 0.4) is 0 Å². The number of piperidine rings is 1. The van der Waals surface area contributed by atoms with Crippen LogP contribution in [0, 0.1) is 0 Å². The summed E-state index contributed by atoms with van der Waals surface area (Å²) in [5, 5.41) is 4.95. The zero-order valence-corrected chi connectivity index (χ0v) is 14.8. The fraction of sp³-hybridized carbons (Fsp3) is 0.692. The Kier molecular flexibility index (Phi) is 5.84. The highest BCUT2D eigenvalue weighted by molar-refractivity contribution is 9.10. The molecule has 120 valence electrons. The number of sulfonamides is 1. The van der Waals surface area contributed by atoms with Gasteiger partial charge in [-0.3, -0.25) is 0 Å². The third kappa shape index (κ3) is 4.79. The fourth-order valence-corrected chi connectivity index (χ4v) is 4.30. The van der Waals surface area contributed by atoms with E-state index in [-0.39, 0.29) is 9.56 Å². The number of nitrogens with zero attached hydrogens (tertiary/aromatic N) is 1. The molecule has 0 atom stereocenters. The first kappa shape index (κ1) is 17.0. The Morgan fingerprint density at radius 2 is 2.00 bits per heavy atom. The smallest absolute Gasteiger partial charge is 0.257 e. The van der Waals surface area contributed by atoms with Crippen LogP contribution in [0.25, 0.3) is 0 Å². The van der Waals surface area contributed by atoms with Crippen molar-refractivity contribution >= 4 is 26.0 Å². The lowest BCUT2D eigenvalue weighted by Gasteiger charge is -2.26. The van der Waals surface area contributed by atoms with Crippen LogP contribution < -0.4 is 10.1 Å². The predicted octanol–water partition coefficient (Wildman–Crippen LogP) is 2.22. The molecule has 0 bridgehead atoms. The fourth-order valence-electron chi connectivity index (χ4n) is 2.18. The third-order valence-electron chi connectivity index (χ3n) is 3.29. The Bertz CT molecular complexity index is 565. The molecule has 8 heteroatoms. The molecular weight excluding hydrogens is 358 g/mol. The Morgan fingerprint density at radius 1 is 1.33 bits per heavy atom. The molecule has 6 nitrogen and oxygen atoms in total. The monoisotopic (exact) mass is 379 g/mol. The van der Waals surface area contributed by atoms with E-state index in [1.807, 2.05) is 13.8 Å². The van der Waals surface area contributed by atoms with Crippen LogP contribution in [0.1, 0.15) is 38.9 Å². The van der Waals surface area contributed by atoms with Gasteiger partial charge in [0.1, 0.15) is 10.7 Å². The number of hydrogen-bond acceptors (Lipinski definition) is 5. The van der Waals surface area contributed by atoms with Crippen molar-refractivity contribution in [2.75, 3.05) is 13.1 Å². The average molecular weight is 380 g/mol. The van der Waals surface area contributed by atoms with Crippen molar-refractivity contribution in [3.8, 4) is 0 Å². The maximum Gasteiger partial charge on any atom is 0.257 e. The van der Waals surface area contributed by atoms with Gasteiger partial charge in [0.05, 0.1) is 6.54 Å². The third-order valence-corrected chi connectivity index (χ3v) is 5.52. The summed E-state index contributed by atoms with van der Waals surface area (Å²) in [5.74, 6) is 0.592. The summed E-state index contributed by atoms with van der Waals surface area (Å²) in [6.45, 7) is 6.03. The number of halogens is 1. The van der Waals surface area contributed by atoms with E-state index in [1.54, 1.807) is 11.1 Å². The van der Waals surface area contributed by atoms with Gasteiger partial charge < -0.3 is 9.73 Å². The molecule has 0 radical (unpaired) electrons. The highest BCUT2D eigenvalue weighted by Gasteiger charge is 2.25. The molecule has 2 N–H and O–H groups in total. The van der Waals surface area contributed by atoms with E-state index in [4.69, 9.17) is 4.42 Å². The summed E-state index contributed by atoms with van der Waals surface area (Å²) in [6, 6.07) is 1.87. The molecular formula is C13H22BrN3O3S. The van der Waals surface area contributed by atoms with Crippen LogP contribution in [0.15, 0.2) is 20.0 Å².